The van der Waals surface area contributed by atoms with Gasteiger partial charge >= 0.3 is 17.9 Å². The second-order valence-electron chi connectivity index (χ2n) is 18.2. The Labute approximate surface area is 339 Å². The minimum Gasteiger partial charge on any atom is -0.466 e. The Balaban J connectivity index is 2.08. The van der Waals surface area contributed by atoms with Crippen molar-refractivity contribution in [2.45, 2.75) is 221 Å². The summed E-state index contributed by atoms with van der Waals surface area (Å²) in [5, 5.41) is 0. The lowest BCUT2D eigenvalue weighted by atomic mass is 9.52. The molecule has 0 aromatic rings. The Bertz CT molecular complexity index is 936. The fourth-order valence-electron chi connectivity index (χ4n) is 10.1. The van der Waals surface area contributed by atoms with E-state index in [1.54, 1.807) is 0 Å². The highest BCUT2D eigenvalue weighted by Crippen LogP contribution is 2.58. The summed E-state index contributed by atoms with van der Waals surface area (Å²) >= 11 is 0. The van der Waals surface area contributed by atoms with Crippen LogP contribution in [0.1, 0.15) is 221 Å². The molecule has 322 valence electrons. The molecule has 55 heavy (non-hydrogen) atoms. The number of ether oxygens (including phenoxy) is 3. The lowest BCUT2D eigenvalue weighted by Crippen LogP contribution is -2.49. The lowest BCUT2D eigenvalue weighted by Gasteiger charge is -2.54. The highest BCUT2D eigenvalue weighted by molar-refractivity contribution is 5.70. The molecule has 0 heterocycles. The van der Waals surface area contributed by atoms with Crippen molar-refractivity contribution in [3.63, 3.8) is 0 Å². The number of unbranched alkanes of at least 4 members (excludes halogenated alkanes) is 8. The van der Waals surface area contributed by atoms with E-state index in [9.17, 15) is 14.4 Å². The first-order valence-corrected chi connectivity index (χ1v) is 23.8. The van der Waals surface area contributed by atoms with Gasteiger partial charge in [-0.05, 0) is 114 Å². The molecule has 0 saturated heterocycles. The number of rotatable bonds is 34. The molecule has 2 bridgehead atoms. The SMILES string of the molecule is CCCCCC(CCCCC)CC(=O)OCC12CCCC(COC(=O)CC(CCCCC)CCCCC)(CC(CCCOC(=O)CCCN(CC)CC)C1)C2. The van der Waals surface area contributed by atoms with Gasteiger partial charge < -0.3 is 19.1 Å². The number of hydrogen-bond donors (Lipinski definition) is 0. The van der Waals surface area contributed by atoms with E-state index in [0.29, 0.717) is 56.8 Å². The maximum absolute atomic E-state index is 13.5. The molecular weight excluding hydrogens is 687 g/mol. The van der Waals surface area contributed by atoms with E-state index in [0.717, 1.165) is 103 Å². The highest BCUT2D eigenvalue weighted by atomic mass is 16.5. The summed E-state index contributed by atoms with van der Waals surface area (Å²) in [4.78, 5) is 41.8. The van der Waals surface area contributed by atoms with E-state index in [4.69, 9.17) is 14.2 Å². The van der Waals surface area contributed by atoms with Crippen LogP contribution in [0.4, 0.5) is 0 Å². The Hall–Kier alpha value is -1.63. The summed E-state index contributed by atoms with van der Waals surface area (Å²) < 4.78 is 18.3. The van der Waals surface area contributed by atoms with E-state index in [1.165, 1.54) is 77.0 Å². The summed E-state index contributed by atoms with van der Waals surface area (Å²) in [6.45, 7) is 17.6. The van der Waals surface area contributed by atoms with Gasteiger partial charge in [0.25, 0.3) is 0 Å². The van der Waals surface area contributed by atoms with Gasteiger partial charge in [-0.1, -0.05) is 125 Å². The van der Waals surface area contributed by atoms with Gasteiger partial charge in [0.2, 0.25) is 0 Å². The molecule has 7 nitrogen and oxygen atoms in total. The summed E-state index contributed by atoms with van der Waals surface area (Å²) in [5.41, 5.74) is -0.153. The third kappa shape index (κ3) is 21.1. The first-order valence-electron chi connectivity index (χ1n) is 23.8. The van der Waals surface area contributed by atoms with Crippen molar-refractivity contribution in [2.75, 3.05) is 39.5 Å². The maximum Gasteiger partial charge on any atom is 0.306 e. The van der Waals surface area contributed by atoms with Crippen LogP contribution in [0.2, 0.25) is 0 Å². The molecule has 2 saturated carbocycles. The molecule has 0 spiro atoms. The zero-order valence-corrected chi connectivity index (χ0v) is 37.2. The number of carbonyl (C=O) groups excluding carboxylic acids is 3. The van der Waals surface area contributed by atoms with Gasteiger partial charge in [0, 0.05) is 30.1 Å². The average molecular weight is 776 g/mol. The smallest absolute Gasteiger partial charge is 0.306 e. The van der Waals surface area contributed by atoms with Crippen molar-refractivity contribution in [3.05, 3.63) is 0 Å². The Morgan fingerprint density at radius 3 is 1.45 bits per heavy atom. The first-order chi connectivity index (χ1) is 26.7. The molecule has 2 atom stereocenters. The van der Waals surface area contributed by atoms with Gasteiger partial charge in [0.1, 0.15) is 0 Å². The summed E-state index contributed by atoms with van der Waals surface area (Å²) in [7, 11) is 0. The molecule has 0 amide bonds. The predicted molar refractivity (Wildman–Crippen MR) is 228 cm³/mol. The van der Waals surface area contributed by atoms with Crippen molar-refractivity contribution in [2.24, 2.45) is 28.6 Å². The molecule has 0 radical (unpaired) electrons. The maximum atomic E-state index is 13.5. The molecule has 0 N–H and O–H groups in total. The summed E-state index contributed by atoms with van der Waals surface area (Å²) in [6.07, 6.45) is 29.4. The van der Waals surface area contributed by atoms with Gasteiger partial charge in [0.15, 0.2) is 0 Å². The van der Waals surface area contributed by atoms with Crippen LogP contribution < -0.4 is 0 Å². The van der Waals surface area contributed by atoms with E-state index < -0.39 is 0 Å². The third-order valence-electron chi connectivity index (χ3n) is 13.2. The molecular formula is C48H89NO6. The van der Waals surface area contributed by atoms with Gasteiger partial charge in [-0.25, -0.2) is 0 Å². The third-order valence-corrected chi connectivity index (χ3v) is 13.2. The lowest BCUT2D eigenvalue weighted by molar-refractivity contribution is -0.162. The van der Waals surface area contributed by atoms with Crippen molar-refractivity contribution in [1.82, 2.24) is 4.90 Å². The standard InChI is InChI=1S/C48H89NO6/c1-7-13-17-24-41(25-18-14-8-2)34-45(51)54-39-47-30-23-31-48(38-47,40-55-46(52)35-42(26-19-15-9-3)27-20-16-10-4)37-43(36-47)28-22-33-53-44(50)29-21-32-49(11-5)12-6/h41-43H,7-40H2,1-6H3. The van der Waals surface area contributed by atoms with Crippen LogP contribution in [0, 0.1) is 28.6 Å². The van der Waals surface area contributed by atoms with E-state index in [-0.39, 0.29) is 28.7 Å². The van der Waals surface area contributed by atoms with E-state index in [2.05, 4.69) is 46.4 Å². The molecule has 0 aromatic heterocycles. The van der Waals surface area contributed by atoms with Gasteiger partial charge in [-0.3, -0.25) is 14.4 Å². The number of hydrogen-bond acceptors (Lipinski definition) is 7. The van der Waals surface area contributed by atoms with Gasteiger partial charge in [-0.2, -0.15) is 0 Å². The quantitative estimate of drug-likeness (QED) is 0.0366. The molecule has 2 aliphatic carbocycles. The molecule has 7 heteroatoms. The van der Waals surface area contributed by atoms with Crippen LogP contribution in [-0.2, 0) is 28.6 Å². The molecule has 0 aliphatic heterocycles. The van der Waals surface area contributed by atoms with Crippen molar-refractivity contribution in [3.8, 4) is 0 Å². The number of esters is 3. The monoisotopic (exact) mass is 776 g/mol. The van der Waals surface area contributed by atoms with E-state index in [1.807, 2.05) is 0 Å². The molecule has 2 aliphatic rings. The van der Waals surface area contributed by atoms with Gasteiger partial charge in [-0.15, -0.1) is 0 Å². The molecule has 2 fully saturated rings. The minimum atomic E-state index is -0.0928. The average Bonchev–Trinajstić information content (AvgIpc) is 3.17. The second kappa shape index (κ2) is 29.6. The van der Waals surface area contributed by atoms with Crippen molar-refractivity contribution < 1.29 is 28.6 Å². The highest BCUT2D eigenvalue weighted by Gasteiger charge is 2.52. The zero-order valence-electron chi connectivity index (χ0n) is 37.2. The topological polar surface area (TPSA) is 82.1 Å². The fourth-order valence-corrected chi connectivity index (χ4v) is 10.1. The number of carbonyl (C=O) groups is 3. The second-order valence-corrected chi connectivity index (χ2v) is 18.2. The van der Waals surface area contributed by atoms with Crippen LogP contribution in [0.15, 0.2) is 0 Å². The number of fused-ring (bicyclic) bond motifs is 2. The Kier molecular flexibility index (Phi) is 26.6. The Morgan fingerprint density at radius 1 is 0.582 bits per heavy atom. The molecule has 2 rings (SSSR count). The van der Waals surface area contributed by atoms with E-state index >= 15 is 0 Å². The Morgan fingerprint density at radius 2 is 1.04 bits per heavy atom. The van der Waals surface area contributed by atoms with Crippen LogP contribution >= 0.6 is 0 Å². The van der Waals surface area contributed by atoms with Crippen molar-refractivity contribution in [1.29, 1.82) is 0 Å². The van der Waals surface area contributed by atoms with Gasteiger partial charge in [0.05, 0.1) is 19.8 Å². The van der Waals surface area contributed by atoms with Crippen LogP contribution in [0.5, 0.6) is 0 Å². The normalized spacial score (nSPS) is 21.0. The predicted octanol–water partition coefficient (Wildman–Crippen LogP) is 12.8. The molecule has 2 unspecified atom stereocenters. The summed E-state index contributed by atoms with van der Waals surface area (Å²) in [5.74, 6) is 1.12. The number of nitrogens with zero attached hydrogens (tertiary/aromatic N) is 1. The van der Waals surface area contributed by atoms with Crippen LogP contribution in [0.3, 0.4) is 0 Å². The summed E-state index contributed by atoms with van der Waals surface area (Å²) in [6, 6.07) is 0. The first kappa shape index (κ1) is 49.5. The molecule has 0 aromatic carbocycles. The van der Waals surface area contributed by atoms with Crippen LogP contribution in [-0.4, -0.2) is 62.3 Å². The zero-order chi connectivity index (χ0) is 40.2. The largest absolute Gasteiger partial charge is 0.466 e. The van der Waals surface area contributed by atoms with Crippen LogP contribution in [0.25, 0.3) is 0 Å². The minimum absolute atomic E-state index is 0.0257. The van der Waals surface area contributed by atoms with Crippen molar-refractivity contribution >= 4 is 17.9 Å². The fraction of sp³-hybridized carbons (Fsp3) is 0.938.